The number of nitrogens with one attached hydrogen (secondary N) is 1. The van der Waals surface area contributed by atoms with Gasteiger partial charge in [0.05, 0.1) is 4.92 Å². The number of benzene rings is 1. The molecule has 0 fully saturated rings. The van der Waals surface area contributed by atoms with Crippen LogP contribution in [0.2, 0.25) is 0 Å². The minimum Gasteiger partial charge on any atom is -0.508 e. The number of aromatic hydroxyl groups is 1. The Morgan fingerprint density at radius 2 is 2.11 bits per heavy atom. The molecule has 19 heavy (non-hydrogen) atoms. The molecule has 0 bridgehead atoms. The molecule has 0 heterocycles. The van der Waals surface area contributed by atoms with E-state index in [2.05, 4.69) is 5.32 Å². The molecule has 3 N–H and O–H groups in total. The number of aliphatic hydroxyl groups excluding tert-OH is 1. The van der Waals surface area contributed by atoms with Crippen molar-refractivity contribution in [1.82, 2.24) is 5.32 Å². The van der Waals surface area contributed by atoms with Crippen LogP contribution in [-0.4, -0.2) is 27.8 Å². The molecule has 0 saturated carbocycles. The molecule has 0 saturated heterocycles. The highest BCUT2D eigenvalue weighted by Gasteiger charge is 2.15. The van der Waals surface area contributed by atoms with E-state index in [1.54, 1.807) is 0 Å². The number of non-ortho nitro benzene ring substituents is 1. The Morgan fingerprint density at radius 3 is 2.63 bits per heavy atom. The van der Waals surface area contributed by atoms with Crippen molar-refractivity contribution in [3.05, 3.63) is 33.9 Å². The molecule has 1 aromatic carbocycles. The van der Waals surface area contributed by atoms with Crippen LogP contribution in [0.5, 0.6) is 5.75 Å². The van der Waals surface area contributed by atoms with Gasteiger partial charge in [-0.3, -0.25) is 10.1 Å². The van der Waals surface area contributed by atoms with Crippen LogP contribution >= 0.6 is 0 Å². The van der Waals surface area contributed by atoms with Gasteiger partial charge in [0, 0.05) is 36.9 Å². The van der Waals surface area contributed by atoms with Gasteiger partial charge in [-0.15, -0.1) is 0 Å². The molecule has 6 heteroatoms. The molecule has 0 radical (unpaired) electrons. The smallest absolute Gasteiger partial charge is 0.270 e. The summed E-state index contributed by atoms with van der Waals surface area (Å²) in [7, 11) is 0. The van der Waals surface area contributed by atoms with Gasteiger partial charge >= 0.3 is 0 Å². The molecular weight excluding hydrogens is 248 g/mol. The third kappa shape index (κ3) is 4.50. The van der Waals surface area contributed by atoms with Crippen molar-refractivity contribution in [2.75, 3.05) is 6.61 Å². The van der Waals surface area contributed by atoms with Crippen LogP contribution in [0.3, 0.4) is 0 Å². The number of nitro benzene ring substituents is 1. The first-order valence-electron chi connectivity index (χ1n) is 6.26. The summed E-state index contributed by atoms with van der Waals surface area (Å²) in [6.45, 7) is 4.47. The van der Waals surface area contributed by atoms with Crippen molar-refractivity contribution in [1.29, 1.82) is 0 Å². The highest BCUT2D eigenvalue weighted by Crippen LogP contribution is 2.23. The van der Waals surface area contributed by atoms with Crippen molar-refractivity contribution in [3.63, 3.8) is 0 Å². The Labute approximate surface area is 112 Å². The molecule has 1 unspecified atom stereocenters. The van der Waals surface area contributed by atoms with Crippen LogP contribution in [0.25, 0.3) is 0 Å². The molecule has 1 aromatic rings. The fourth-order valence-electron chi connectivity index (χ4n) is 1.88. The quantitative estimate of drug-likeness (QED) is 0.517. The second kappa shape index (κ2) is 7.06. The van der Waals surface area contributed by atoms with Gasteiger partial charge in [-0.1, -0.05) is 13.8 Å². The van der Waals surface area contributed by atoms with Gasteiger partial charge in [-0.05, 0) is 18.4 Å². The van der Waals surface area contributed by atoms with Crippen molar-refractivity contribution < 1.29 is 15.1 Å². The van der Waals surface area contributed by atoms with Crippen molar-refractivity contribution in [3.8, 4) is 5.75 Å². The summed E-state index contributed by atoms with van der Waals surface area (Å²) in [5, 5.41) is 32.5. The van der Waals surface area contributed by atoms with Crippen molar-refractivity contribution in [2.45, 2.75) is 32.9 Å². The van der Waals surface area contributed by atoms with E-state index in [0.717, 1.165) is 0 Å². The standard InChI is InChI=1S/C13H20N2O4/c1-9(2)12(5-6-16)14-8-10-7-11(15(18)19)3-4-13(10)17/h3-4,7,9,12,14,16-17H,5-6,8H2,1-2H3. The first kappa shape index (κ1) is 15.4. The number of nitro groups is 1. The van der Waals surface area contributed by atoms with Gasteiger partial charge in [-0.25, -0.2) is 0 Å². The summed E-state index contributed by atoms with van der Waals surface area (Å²) in [5.74, 6) is 0.359. The fourth-order valence-corrected chi connectivity index (χ4v) is 1.88. The summed E-state index contributed by atoms with van der Waals surface area (Å²) in [6, 6.07) is 4.06. The van der Waals surface area contributed by atoms with Crippen molar-refractivity contribution in [2.24, 2.45) is 5.92 Å². The average Bonchev–Trinajstić information content (AvgIpc) is 2.35. The largest absolute Gasteiger partial charge is 0.508 e. The second-order valence-electron chi connectivity index (χ2n) is 4.81. The Balaban J connectivity index is 2.75. The lowest BCUT2D eigenvalue weighted by molar-refractivity contribution is -0.384. The Bertz CT molecular complexity index is 435. The molecule has 0 aromatic heterocycles. The molecule has 106 valence electrons. The minimum atomic E-state index is -0.489. The van der Waals surface area contributed by atoms with E-state index in [1.807, 2.05) is 13.8 Å². The van der Waals surface area contributed by atoms with Gasteiger partial charge in [0.25, 0.3) is 5.69 Å². The SMILES string of the molecule is CC(C)C(CCO)NCc1cc([N+](=O)[O-])ccc1O. The zero-order chi connectivity index (χ0) is 14.4. The van der Waals surface area contributed by atoms with Gasteiger partial charge in [0.15, 0.2) is 0 Å². The number of nitrogens with zero attached hydrogens (tertiary/aromatic N) is 1. The zero-order valence-electron chi connectivity index (χ0n) is 11.2. The molecule has 1 atom stereocenters. The Morgan fingerprint density at radius 1 is 1.42 bits per heavy atom. The summed E-state index contributed by atoms with van der Waals surface area (Å²) in [6.07, 6.45) is 0.605. The maximum absolute atomic E-state index is 10.7. The normalized spacial score (nSPS) is 12.6. The van der Waals surface area contributed by atoms with E-state index < -0.39 is 4.92 Å². The first-order chi connectivity index (χ1) is 8.95. The van der Waals surface area contributed by atoms with Crippen LogP contribution in [0.4, 0.5) is 5.69 Å². The summed E-state index contributed by atoms with van der Waals surface area (Å²) < 4.78 is 0. The molecule has 6 nitrogen and oxygen atoms in total. The van der Waals surface area contributed by atoms with Gasteiger partial charge in [0.2, 0.25) is 0 Å². The predicted octanol–water partition coefficient (Wildman–Crippen LogP) is 1.80. The average molecular weight is 268 g/mol. The van der Waals surface area contributed by atoms with E-state index in [9.17, 15) is 15.2 Å². The van der Waals surface area contributed by atoms with Crippen LogP contribution < -0.4 is 5.32 Å². The van der Waals surface area contributed by atoms with Crippen molar-refractivity contribution >= 4 is 5.69 Å². The molecule has 0 aliphatic heterocycles. The maximum Gasteiger partial charge on any atom is 0.270 e. The number of aliphatic hydroxyl groups is 1. The van der Waals surface area contributed by atoms with Crippen LogP contribution in [-0.2, 0) is 6.54 Å². The van der Waals surface area contributed by atoms with Gasteiger partial charge in [-0.2, -0.15) is 0 Å². The second-order valence-corrected chi connectivity index (χ2v) is 4.81. The Hall–Kier alpha value is -1.66. The van der Waals surface area contributed by atoms with E-state index in [0.29, 0.717) is 24.4 Å². The summed E-state index contributed by atoms with van der Waals surface area (Å²) >= 11 is 0. The third-order valence-electron chi connectivity index (χ3n) is 3.07. The topological polar surface area (TPSA) is 95.6 Å². The molecule has 0 aliphatic carbocycles. The van der Waals surface area contributed by atoms with Gasteiger partial charge in [0.1, 0.15) is 5.75 Å². The van der Waals surface area contributed by atoms with Crippen LogP contribution in [0, 0.1) is 16.0 Å². The van der Waals surface area contributed by atoms with Crippen LogP contribution in [0.1, 0.15) is 25.8 Å². The van der Waals surface area contributed by atoms with E-state index in [1.165, 1.54) is 18.2 Å². The minimum absolute atomic E-state index is 0.0320. The molecule has 0 amide bonds. The lowest BCUT2D eigenvalue weighted by Gasteiger charge is -2.21. The van der Waals surface area contributed by atoms with E-state index in [-0.39, 0.29) is 24.1 Å². The number of rotatable bonds is 7. The molecular formula is C13H20N2O4. The lowest BCUT2D eigenvalue weighted by Crippen LogP contribution is -2.34. The number of hydrogen-bond acceptors (Lipinski definition) is 5. The fraction of sp³-hybridized carbons (Fsp3) is 0.538. The number of phenolic OH excluding ortho intramolecular Hbond substituents is 1. The zero-order valence-corrected chi connectivity index (χ0v) is 11.2. The van der Waals surface area contributed by atoms with E-state index >= 15 is 0 Å². The highest BCUT2D eigenvalue weighted by atomic mass is 16.6. The number of phenols is 1. The van der Waals surface area contributed by atoms with E-state index in [4.69, 9.17) is 5.11 Å². The molecule has 0 aliphatic rings. The lowest BCUT2D eigenvalue weighted by atomic mass is 10.0. The third-order valence-corrected chi connectivity index (χ3v) is 3.07. The maximum atomic E-state index is 10.7. The summed E-state index contributed by atoms with van der Waals surface area (Å²) in [5.41, 5.74) is 0.440. The molecule has 0 spiro atoms. The monoisotopic (exact) mass is 268 g/mol. The molecule has 1 rings (SSSR count). The Kier molecular flexibility index (Phi) is 5.72. The summed E-state index contributed by atoms with van der Waals surface area (Å²) in [4.78, 5) is 10.2. The number of hydrogen-bond donors (Lipinski definition) is 3. The van der Waals surface area contributed by atoms with Crippen LogP contribution in [0.15, 0.2) is 18.2 Å². The predicted molar refractivity (Wildman–Crippen MR) is 71.9 cm³/mol. The highest BCUT2D eigenvalue weighted by molar-refractivity contribution is 5.42. The van der Waals surface area contributed by atoms with Gasteiger partial charge < -0.3 is 15.5 Å². The first-order valence-corrected chi connectivity index (χ1v) is 6.26.